The highest BCUT2D eigenvalue weighted by Gasteiger charge is 2.39. The Bertz CT molecular complexity index is 1260. The molecule has 6 nitrogen and oxygen atoms in total. The molecule has 0 saturated heterocycles. The predicted octanol–water partition coefficient (Wildman–Crippen LogP) is 8.13. The van der Waals surface area contributed by atoms with E-state index in [1.54, 1.807) is 13.0 Å². The van der Waals surface area contributed by atoms with Gasteiger partial charge in [-0.2, -0.15) is 0 Å². The van der Waals surface area contributed by atoms with Crippen LogP contribution in [-0.2, 0) is 10.2 Å². The zero-order valence-electron chi connectivity index (χ0n) is 28.4. The average Bonchev–Trinajstić information content (AvgIpc) is 2.88. The number of aliphatic hydroxyl groups is 1. The van der Waals surface area contributed by atoms with Crippen molar-refractivity contribution in [3.63, 3.8) is 0 Å². The van der Waals surface area contributed by atoms with Crippen molar-refractivity contribution in [2.45, 2.75) is 125 Å². The maximum absolute atomic E-state index is 13.2. The molecule has 0 aliphatic rings. The van der Waals surface area contributed by atoms with Gasteiger partial charge in [-0.05, 0) is 81.2 Å². The zero-order chi connectivity index (χ0) is 32.8. The van der Waals surface area contributed by atoms with Crippen molar-refractivity contribution in [2.75, 3.05) is 7.05 Å². The number of amides is 1. The second-order valence-electron chi connectivity index (χ2n) is 13.4. The molecule has 0 aliphatic carbocycles. The van der Waals surface area contributed by atoms with Gasteiger partial charge in [0.15, 0.2) is 5.78 Å². The topological polar surface area (TPSA) is 94.9 Å². The first-order valence-corrected chi connectivity index (χ1v) is 15.2. The summed E-state index contributed by atoms with van der Waals surface area (Å²) in [6.07, 6.45) is 2.92. The van der Waals surface area contributed by atoms with Crippen molar-refractivity contribution in [2.24, 2.45) is 5.41 Å². The van der Waals surface area contributed by atoms with Crippen molar-refractivity contribution < 1.29 is 24.6 Å². The van der Waals surface area contributed by atoms with Crippen LogP contribution in [0.4, 0.5) is 0 Å². The molecule has 0 heterocycles. The third-order valence-electron chi connectivity index (χ3n) is 9.08. The summed E-state index contributed by atoms with van der Waals surface area (Å²) in [6.45, 7) is 22.9. The molecule has 1 unspecified atom stereocenters. The largest absolute Gasteiger partial charge is 0.480 e. The summed E-state index contributed by atoms with van der Waals surface area (Å²) < 4.78 is 0. The molecule has 6 heteroatoms. The molecule has 0 spiro atoms. The molecule has 1 amide bonds. The molecule has 0 saturated carbocycles. The fourth-order valence-electron chi connectivity index (χ4n) is 4.96. The molecule has 0 aliphatic heterocycles. The molecule has 2 aromatic rings. The lowest BCUT2D eigenvalue weighted by molar-refractivity contribution is -0.147. The highest BCUT2D eigenvalue weighted by Crippen LogP contribution is 2.41. The van der Waals surface area contributed by atoms with E-state index in [2.05, 4.69) is 33.8 Å². The quantitative estimate of drug-likeness (QED) is 0.276. The second kappa shape index (κ2) is 14.0. The van der Waals surface area contributed by atoms with Gasteiger partial charge in [0, 0.05) is 30.0 Å². The highest BCUT2D eigenvalue weighted by atomic mass is 16.4. The van der Waals surface area contributed by atoms with E-state index >= 15 is 0 Å². The van der Waals surface area contributed by atoms with Crippen LogP contribution in [0.15, 0.2) is 36.4 Å². The molecular formula is C36H55NO5. The Balaban J connectivity index is 0.00000281. The molecule has 0 radical (unpaired) electrons. The fraction of sp³-hybridized carbons (Fsp3) is 0.583. The van der Waals surface area contributed by atoms with Crippen LogP contribution in [0.2, 0.25) is 0 Å². The maximum Gasteiger partial charge on any atom is 0.329 e. The lowest BCUT2D eigenvalue weighted by Crippen LogP contribution is -2.50. The number of hydrogen-bond donors (Lipinski definition) is 2. The monoisotopic (exact) mass is 581 g/mol. The Morgan fingerprint density at radius 1 is 0.762 bits per heavy atom. The van der Waals surface area contributed by atoms with Crippen LogP contribution in [0.3, 0.4) is 0 Å². The number of rotatable bonds is 10. The zero-order valence-corrected chi connectivity index (χ0v) is 28.4. The Labute approximate surface area is 254 Å². The molecule has 0 bridgehead atoms. The lowest BCUT2D eigenvalue weighted by Gasteiger charge is -2.37. The van der Waals surface area contributed by atoms with Gasteiger partial charge in [0.05, 0.1) is 5.60 Å². The van der Waals surface area contributed by atoms with Gasteiger partial charge < -0.3 is 15.1 Å². The minimum atomic E-state index is -1.34. The molecule has 1 atom stereocenters. The Morgan fingerprint density at radius 2 is 1.17 bits per heavy atom. The van der Waals surface area contributed by atoms with Gasteiger partial charge in [-0.3, -0.25) is 9.59 Å². The predicted molar refractivity (Wildman–Crippen MR) is 173 cm³/mol. The standard InChI is InChI=1S/C33H47NO5.C3H8/c1-12-33(13-2,23-14-16-25(21(3)18-23)27(35)20-32(10,39)30(5,6)7)24-15-17-26(22(4)19-24)28(36)34(11)31(8,9)29(37)38;1-3-2/h14-19,39H,12-13,20H2,1-11H3,(H,37,38);3H2,1-2H3. The molecule has 0 aromatic heterocycles. The van der Waals surface area contributed by atoms with Gasteiger partial charge in [-0.1, -0.05) is 85.2 Å². The summed E-state index contributed by atoms with van der Waals surface area (Å²) in [5, 5.41) is 20.5. The number of Topliss-reactive ketones (excluding diaryl/α,β-unsaturated/α-hetero) is 1. The number of ketones is 1. The fourth-order valence-corrected chi connectivity index (χ4v) is 4.96. The summed E-state index contributed by atoms with van der Waals surface area (Å²) in [5.74, 6) is -1.48. The Morgan fingerprint density at radius 3 is 1.50 bits per heavy atom. The van der Waals surface area contributed by atoms with Crippen molar-refractivity contribution in [3.8, 4) is 0 Å². The van der Waals surface area contributed by atoms with Crippen LogP contribution in [0.5, 0.6) is 0 Å². The number of carboxylic acid groups (broad SMARTS) is 1. The van der Waals surface area contributed by atoms with E-state index in [1.165, 1.54) is 32.2 Å². The molecule has 2 aromatic carbocycles. The van der Waals surface area contributed by atoms with Crippen molar-refractivity contribution in [3.05, 3.63) is 69.8 Å². The van der Waals surface area contributed by atoms with Crippen LogP contribution in [-0.4, -0.2) is 51.0 Å². The van der Waals surface area contributed by atoms with Crippen LogP contribution >= 0.6 is 0 Å². The van der Waals surface area contributed by atoms with E-state index in [0.29, 0.717) is 11.1 Å². The summed E-state index contributed by atoms with van der Waals surface area (Å²) >= 11 is 0. The number of carboxylic acids is 1. The van der Waals surface area contributed by atoms with E-state index < -0.39 is 22.5 Å². The van der Waals surface area contributed by atoms with Gasteiger partial charge in [-0.15, -0.1) is 0 Å². The van der Waals surface area contributed by atoms with E-state index in [9.17, 15) is 24.6 Å². The molecule has 2 rings (SSSR count). The lowest BCUT2D eigenvalue weighted by atomic mass is 9.69. The van der Waals surface area contributed by atoms with Gasteiger partial charge in [-0.25, -0.2) is 4.79 Å². The average molecular weight is 582 g/mol. The van der Waals surface area contributed by atoms with Crippen molar-refractivity contribution in [1.29, 1.82) is 0 Å². The SMILES string of the molecule is CCC.CCC(CC)(c1ccc(C(=O)CC(C)(O)C(C)(C)C)c(C)c1)c1ccc(C(=O)N(C)C(C)(C)C(=O)O)c(C)c1. The van der Waals surface area contributed by atoms with Crippen molar-refractivity contribution in [1.82, 2.24) is 4.90 Å². The highest BCUT2D eigenvalue weighted by molar-refractivity contribution is 5.99. The first-order valence-electron chi connectivity index (χ1n) is 15.2. The molecule has 0 fully saturated rings. The van der Waals surface area contributed by atoms with Gasteiger partial charge in [0.2, 0.25) is 0 Å². The summed E-state index contributed by atoms with van der Waals surface area (Å²) in [7, 11) is 1.51. The summed E-state index contributed by atoms with van der Waals surface area (Å²) in [5.41, 5.74) is 1.67. The normalized spacial score (nSPS) is 13.5. The molecule has 2 N–H and O–H groups in total. The molecule has 42 heavy (non-hydrogen) atoms. The Kier molecular flexibility index (Phi) is 12.3. The number of nitrogens with zero attached hydrogens (tertiary/aromatic N) is 1. The van der Waals surface area contributed by atoms with Crippen LogP contribution in [0.25, 0.3) is 0 Å². The second-order valence-corrected chi connectivity index (χ2v) is 13.4. The smallest absolute Gasteiger partial charge is 0.329 e. The third-order valence-corrected chi connectivity index (χ3v) is 9.08. The van der Waals surface area contributed by atoms with Gasteiger partial charge in [0.25, 0.3) is 5.91 Å². The van der Waals surface area contributed by atoms with E-state index in [0.717, 1.165) is 35.1 Å². The third kappa shape index (κ3) is 7.69. The van der Waals surface area contributed by atoms with Crippen LogP contribution in [0.1, 0.15) is 138 Å². The van der Waals surface area contributed by atoms with Crippen molar-refractivity contribution >= 4 is 17.7 Å². The first-order chi connectivity index (χ1) is 19.2. The number of carbonyl (C=O) groups excluding carboxylic acids is 2. The molecular weight excluding hydrogens is 526 g/mol. The number of aryl methyl sites for hydroxylation is 2. The van der Waals surface area contributed by atoms with Gasteiger partial charge >= 0.3 is 5.97 Å². The van der Waals surface area contributed by atoms with E-state index in [-0.39, 0.29) is 23.5 Å². The van der Waals surface area contributed by atoms with Crippen LogP contribution in [0, 0.1) is 19.3 Å². The number of aliphatic carboxylic acids is 1. The molecule has 234 valence electrons. The number of benzene rings is 2. The number of hydrogen-bond acceptors (Lipinski definition) is 4. The maximum atomic E-state index is 13.2. The van der Waals surface area contributed by atoms with Gasteiger partial charge in [0.1, 0.15) is 5.54 Å². The first kappa shape index (κ1) is 37.0. The minimum Gasteiger partial charge on any atom is -0.480 e. The van der Waals surface area contributed by atoms with E-state index in [4.69, 9.17) is 0 Å². The van der Waals surface area contributed by atoms with E-state index in [1.807, 2.05) is 58.9 Å². The van der Waals surface area contributed by atoms with Crippen LogP contribution < -0.4 is 0 Å². The number of carbonyl (C=O) groups is 3. The summed E-state index contributed by atoms with van der Waals surface area (Å²) in [6, 6.07) is 11.7. The Hall–Kier alpha value is -2.99. The minimum absolute atomic E-state index is 0.0468. The summed E-state index contributed by atoms with van der Waals surface area (Å²) in [4.78, 5) is 39.3. The number of likely N-dealkylation sites (N-methyl/N-ethyl adjacent to an activating group) is 1.